The predicted octanol–water partition coefficient (Wildman–Crippen LogP) is 3.39. The van der Waals surface area contributed by atoms with Gasteiger partial charge in [0.15, 0.2) is 5.76 Å². The number of furan rings is 1. The van der Waals surface area contributed by atoms with Crippen LogP contribution in [0.4, 0.5) is 5.88 Å². The summed E-state index contributed by atoms with van der Waals surface area (Å²) in [6.45, 7) is 6.27. The standard InChI is InChI=1S/C21H20N4O3/c1-14-5-6-16(12-15(14)2)20(26)24-7-9-25(10-8-24)21-17(13-22)23-19(28-21)18-4-3-11-27-18/h3-6,11-12H,7-10H2,1-2H3. The van der Waals surface area contributed by atoms with Crippen LogP contribution >= 0.6 is 0 Å². The number of hydrogen-bond donors (Lipinski definition) is 0. The molecule has 3 heterocycles. The minimum absolute atomic E-state index is 0.0251. The van der Waals surface area contributed by atoms with Crippen molar-refractivity contribution in [3.63, 3.8) is 0 Å². The van der Waals surface area contributed by atoms with Gasteiger partial charge in [-0.3, -0.25) is 4.79 Å². The SMILES string of the molecule is Cc1ccc(C(=O)N2CCN(c3oc(-c4ccco4)nc3C#N)CC2)cc1C. The molecule has 7 heteroatoms. The van der Waals surface area contributed by atoms with Gasteiger partial charge in [-0.2, -0.15) is 10.2 Å². The van der Waals surface area contributed by atoms with Crippen LogP contribution in [0.2, 0.25) is 0 Å². The maximum Gasteiger partial charge on any atom is 0.266 e. The molecule has 1 amide bonds. The van der Waals surface area contributed by atoms with Crippen molar-refractivity contribution in [3.05, 3.63) is 59.0 Å². The molecule has 0 radical (unpaired) electrons. The van der Waals surface area contributed by atoms with Gasteiger partial charge in [0, 0.05) is 31.7 Å². The third-order valence-electron chi connectivity index (χ3n) is 5.06. The van der Waals surface area contributed by atoms with Crippen molar-refractivity contribution in [1.82, 2.24) is 9.88 Å². The van der Waals surface area contributed by atoms with Crippen LogP contribution in [0.25, 0.3) is 11.7 Å². The van der Waals surface area contributed by atoms with Crippen molar-refractivity contribution >= 4 is 11.8 Å². The van der Waals surface area contributed by atoms with Crippen LogP contribution in [0.5, 0.6) is 0 Å². The first-order valence-corrected chi connectivity index (χ1v) is 9.13. The number of nitrogens with zero attached hydrogens (tertiary/aromatic N) is 4. The Kier molecular flexibility index (Phi) is 4.62. The molecular formula is C21H20N4O3. The Balaban J connectivity index is 1.48. The van der Waals surface area contributed by atoms with Crippen LogP contribution in [0.3, 0.4) is 0 Å². The predicted molar refractivity (Wildman–Crippen MR) is 103 cm³/mol. The number of amides is 1. The highest BCUT2D eigenvalue weighted by molar-refractivity contribution is 5.94. The molecule has 4 rings (SSSR count). The van der Waals surface area contributed by atoms with Gasteiger partial charge < -0.3 is 18.6 Å². The Morgan fingerprint density at radius 2 is 1.93 bits per heavy atom. The summed E-state index contributed by atoms with van der Waals surface area (Å²) in [4.78, 5) is 20.8. The number of oxazole rings is 1. The number of anilines is 1. The number of piperazine rings is 1. The fourth-order valence-electron chi connectivity index (χ4n) is 3.27. The first-order chi connectivity index (χ1) is 13.6. The van der Waals surface area contributed by atoms with E-state index >= 15 is 0 Å². The number of nitriles is 1. The minimum Gasteiger partial charge on any atom is -0.459 e. The second kappa shape index (κ2) is 7.24. The number of aryl methyl sites for hydroxylation is 2. The average molecular weight is 376 g/mol. The van der Waals surface area contributed by atoms with Crippen molar-refractivity contribution in [2.45, 2.75) is 13.8 Å². The molecule has 1 aliphatic heterocycles. The van der Waals surface area contributed by atoms with Crippen LogP contribution in [-0.4, -0.2) is 42.0 Å². The molecule has 3 aromatic rings. The maximum absolute atomic E-state index is 12.8. The molecule has 28 heavy (non-hydrogen) atoms. The zero-order valence-electron chi connectivity index (χ0n) is 15.8. The molecule has 0 N–H and O–H groups in total. The van der Waals surface area contributed by atoms with Crippen molar-refractivity contribution in [3.8, 4) is 17.7 Å². The first kappa shape index (κ1) is 17.9. The normalized spacial score (nSPS) is 14.2. The van der Waals surface area contributed by atoms with Crippen LogP contribution in [-0.2, 0) is 0 Å². The summed E-state index contributed by atoms with van der Waals surface area (Å²) in [5.74, 6) is 1.21. The van der Waals surface area contributed by atoms with Gasteiger partial charge in [0.25, 0.3) is 11.8 Å². The van der Waals surface area contributed by atoms with E-state index in [0.29, 0.717) is 43.4 Å². The highest BCUT2D eigenvalue weighted by Gasteiger charge is 2.27. The molecule has 1 aromatic carbocycles. The summed E-state index contributed by atoms with van der Waals surface area (Å²) >= 11 is 0. The molecule has 0 unspecified atom stereocenters. The van der Waals surface area contributed by atoms with E-state index in [1.54, 1.807) is 12.1 Å². The summed E-state index contributed by atoms with van der Waals surface area (Å²) in [5, 5.41) is 9.40. The van der Waals surface area contributed by atoms with Crippen LogP contribution < -0.4 is 4.90 Å². The molecule has 1 aliphatic rings. The zero-order chi connectivity index (χ0) is 19.7. The molecule has 2 aromatic heterocycles. The van der Waals surface area contributed by atoms with E-state index in [4.69, 9.17) is 8.83 Å². The topological polar surface area (TPSA) is 86.5 Å². The van der Waals surface area contributed by atoms with E-state index in [1.807, 2.05) is 41.8 Å². The third kappa shape index (κ3) is 3.25. The minimum atomic E-state index is 0.0251. The Labute approximate surface area is 162 Å². The molecule has 142 valence electrons. The largest absolute Gasteiger partial charge is 0.459 e. The van der Waals surface area contributed by atoms with Gasteiger partial charge in [0.05, 0.1) is 6.26 Å². The molecule has 0 bridgehead atoms. The Bertz CT molecular complexity index is 1040. The maximum atomic E-state index is 12.8. The average Bonchev–Trinajstić information content (AvgIpc) is 3.39. The van der Waals surface area contributed by atoms with Gasteiger partial charge >= 0.3 is 0 Å². The Morgan fingerprint density at radius 3 is 2.57 bits per heavy atom. The molecule has 1 fully saturated rings. The second-order valence-electron chi connectivity index (χ2n) is 6.84. The summed E-state index contributed by atoms with van der Waals surface area (Å²) < 4.78 is 11.1. The monoisotopic (exact) mass is 376 g/mol. The lowest BCUT2D eigenvalue weighted by Gasteiger charge is -2.34. The van der Waals surface area contributed by atoms with Gasteiger partial charge in [-0.25, -0.2) is 0 Å². The van der Waals surface area contributed by atoms with E-state index in [1.165, 1.54) is 11.8 Å². The molecule has 0 saturated carbocycles. The van der Waals surface area contributed by atoms with Crippen molar-refractivity contribution in [2.75, 3.05) is 31.1 Å². The van der Waals surface area contributed by atoms with Gasteiger partial charge in [0.2, 0.25) is 11.6 Å². The molecule has 0 aliphatic carbocycles. The van der Waals surface area contributed by atoms with E-state index in [0.717, 1.165) is 5.56 Å². The Hall–Kier alpha value is -3.53. The fourth-order valence-corrected chi connectivity index (χ4v) is 3.27. The van der Waals surface area contributed by atoms with Crippen molar-refractivity contribution in [1.29, 1.82) is 5.26 Å². The quantitative estimate of drug-likeness (QED) is 0.696. The van der Waals surface area contributed by atoms with E-state index in [-0.39, 0.29) is 17.5 Å². The fraction of sp³-hybridized carbons (Fsp3) is 0.286. The molecular weight excluding hydrogens is 356 g/mol. The lowest BCUT2D eigenvalue weighted by Crippen LogP contribution is -2.48. The molecule has 7 nitrogen and oxygen atoms in total. The Morgan fingerprint density at radius 1 is 1.14 bits per heavy atom. The zero-order valence-corrected chi connectivity index (χ0v) is 15.8. The highest BCUT2D eigenvalue weighted by atomic mass is 16.4. The number of benzene rings is 1. The summed E-state index contributed by atoms with van der Waals surface area (Å²) in [6.07, 6.45) is 1.53. The van der Waals surface area contributed by atoms with E-state index in [2.05, 4.69) is 11.1 Å². The van der Waals surface area contributed by atoms with Gasteiger partial charge in [0.1, 0.15) is 6.07 Å². The van der Waals surface area contributed by atoms with E-state index in [9.17, 15) is 10.1 Å². The van der Waals surface area contributed by atoms with Crippen LogP contribution in [0.1, 0.15) is 27.2 Å². The number of rotatable bonds is 3. The summed E-state index contributed by atoms with van der Waals surface area (Å²) in [6, 6.07) is 11.3. The number of aromatic nitrogens is 1. The van der Waals surface area contributed by atoms with E-state index < -0.39 is 0 Å². The lowest BCUT2D eigenvalue weighted by atomic mass is 10.1. The first-order valence-electron chi connectivity index (χ1n) is 9.13. The van der Waals surface area contributed by atoms with Gasteiger partial charge in [-0.15, -0.1) is 0 Å². The van der Waals surface area contributed by atoms with Gasteiger partial charge in [-0.1, -0.05) is 6.07 Å². The van der Waals surface area contributed by atoms with Crippen LogP contribution in [0.15, 0.2) is 45.4 Å². The number of carbonyl (C=O) groups is 1. The second-order valence-corrected chi connectivity index (χ2v) is 6.84. The van der Waals surface area contributed by atoms with Crippen molar-refractivity contribution < 1.29 is 13.6 Å². The van der Waals surface area contributed by atoms with Crippen LogP contribution in [0, 0.1) is 25.2 Å². The highest BCUT2D eigenvalue weighted by Crippen LogP contribution is 2.29. The van der Waals surface area contributed by atoms with Crippen molar-refractivity contribution in [2.24, 2.45) is 0 Å². The molecule has 0 spiro atoms. The summed E-state index contributed by atoms with van der Waals surface area (Å²) in [7, 11) is 0. The smallest absolute Gasteiger partial charge is 0.266 e. The lowest BCUT2D eigenvalue weighted by molar-refractivity contribution is 0.0745. The summed E-state index contributed by atoms with van der Waals surface area (Å²) in [5.41, 5.74) is 3.20. The van der Waals surface area contributed by atoms with Gasteiger partial charge in [-0.05, 0) is 49.2 Å². The molecule has 0 atom stereocenters. The number of hydrogen-bond acceptors (Lipinski definition) is 6. The molecule has 1 saturated heterocycles. The number of carbonyl (C=O) groups excluding carboxylic acids is 1. The third-order valence-corrected chi connectivity index (χ3v) is 5.06.